The molecule has 2 aromatic heterocycles. The lowest BCUT2D eigenvalue weighted by atomic mass is 10.1. The molecular weight excluding hydrogens is 284 g/mol. The Morgan fingerprint density at radius 2 is 2.29 bits per heavy atom. The van der Waals surface area contributed by atoms with Gasteiger partial charge in [-0.15, -0.1) is 0 Å². The fraction of sp³-hybridized carbons (Fsp3) is 0.182. The third kappa shape index (κ3) is 3.43. The van der Waals surface area contributed by atoms with E-state index >= 15 is 0 Å². The molecule has 2 aromatic rings. The average Bonchev–Trinajstić information content (AvgIpc) is 3.08. The van der Waals surface area contributed by atoms with Gasteiger partial charge >= 0.3 is 11.9 Å². The zero-order valence-electron chi connectivity index (χ0n) is 10.5. The highest BCUT2D eigenvalue weighted by Crippen LogP contribution is 2.15. The molecule has 110 valence electrons. The van der Waals surface area contributed by atoms with Crippen molar-refractivity contribution < 1.29 is 24.0 Å². The van der Waals surface area contributed by atoms with Gasteiger partial charge in [0.1, 0.15) is 11.0 Å². The molecule has 3 N–H and O–H groups in total. The number of aromatic amines is 1. The maximum absolute atomic E-state index is 11.8. The maximum Gasteiger partial charge on any atom is 0.433 e. The number of imidazole rings is 1. The number of aliphatic carboxylic acids is 1. The summed E-state index contributed by atoms with van der Waals surface area (Å²) in [4.78, 5) is 39.0. The molecule has 0 aliphatic heterocycles. The van der Waals surface area contributed by atoms with Crippen molar-refractivity contribution in [3.05, 3.63) is 46.2 Å². The van der Waals surface area contributed by atoms with E-state index in [9.17, 15) is 19.7 Å². The third-order valence-corrected chi connectivity index (χ3v) is 2.58. The molecule has 21 heavy (non-hydrogen) atoms. The average molecular weight is 294 g/mol. The van der Waals surface area contributed by atoms with Crippen LogP contribution in [0.2, 0.25) is 0 Å². The van der Waals surface area contributed by atoms with E-state index in [2.05, 4.69) is 15.3 Å². The van der Waals surface area contributed by atoms with Crippen molar-refractivity contribution in [2.45, 2.75) is 12.5 Å². The van der Waals surface area contributed by atoms with Crippen molar-refractivity contribution in [2.75, 3.05) is 0 Å². The highest BCUT2D eigenvalue weighted by atomic mass is 16.6. The van der Waals surface area contributed by atoms with Crippen LogP contribution in [-0.2, 0) is 11.2 Å². The van der Waals surface area contributed by atoms with Gasteiger partial charge in [0.2, 0.25) is 0 Å². The molecule has 0 unspecified atom stereocenters. The summed E-state index contributed by atoms with van der Waals surface area (Å²) in [5.74, 6) is -3.04. The molecule has 0 saturated heterocycles. The molecule has 0 bridgehead atoms. The van der Waals surface area contributed by atoms with E-state index in [1.54, 1.807) is 0 Å². The lowest BCUT2D eigenvalue weighted by molar-refractivity contribution is -0.402. The van der Waals surface area contributed by atoms with Crippen LogP contribution in [0.4, 0.5) is 5.88 Å². The zero-order valence-corrected chi connectivity index (χ0v) is 10.5. The topological polar surface area (TPSA) is 151 Å². The van der Waals surface area contributed by atoms with Gasteiger partial charge in [-0.2, -0.15) is 0 Å². The third-order valence-electron chi connectivity index (χ3n) is 2.58. The molecule has 10 nitrogen and oxygen atoms in total. The van der Waals surface area contributed by atoms with Gasteiger partial charge in [0, 0.05) is 18.3 Å². The number of carboxylic acid groups (broad SMARTS) is 1. The van der Waals surface area contributed by atoms with Crippen molar-refractivity contribution in [3.63, 3.8) is 0 Å². The van der Waals surface area contributed by atoms with Gasteiger partial charge in [-0.25, -0.2) is 9.78 Å². The number of H-pyrrole nitrogens is 1. The van der Waals surface area contributed by atoms with Crippen LogP contribution < -0.4 is 5.32 Å². The summed E-state index contributed by atoms with van der Waals surface area (Å²) in [6, 6.07) is 0.893. The van der Waals surface area contributed by atoms with Gasteiger partial charge in [-0.3, -0.25) is 14.9 Å². The van der Waals surface area contributed by atoms with Crippen molar-refractivity contribution in [2.24, 2.45) is 0 Å². The molecule has 2 rings (SSSR count). The number of nitrogens with zero attached hydrogens (tertiary/aromatic N) is 2. The van der Waals surface area contributed by atoms with Gasteiger partial charge in [0.05, 0.1) is 12.4 Å². The molecule has 10 heteroatoms. The summed E-state index contributed by atoms with van der Waals surface area (Å²) in [5.41, 5.74) is 0.521. The number of furan rings is 1. The Kier molecular flexibility index (Phi) is 3.97. The Hall–Kier alpha value is -3.17. The minimum Gasteiger partial charge on any atom is -0.480 e. The fourth-order valence-corrected chi connectivity index (χ4v) is 1.59. The number of hydrogen-bond donors (Lipinski definition) is 3. The fourth-order valence-electron chi connectivity index (χ4n) is 1.59. The van der Waals surface area contributed by atoms with E-state index in [1.165, 1.54) is 12.5 Å². The number of aromatic nitrogens is 2. The summed E-state index contributed by atoms with van der Waals surface area (Å²) < 4.78 is 4.70. The number of hydrogen-bond acceptors (Lipinski definition) is 6. The van der Waals surface area contributed by atoms with Gasteiger partial charge in [0.15, 0.2) is 5.76 Å². The SMILES string of the molecule is O=C(N[C@H](Cc1cnc[nH]1)C(=O)O)c1ccc([N+](=O)[O-])o1. The van der Waals surface area contributed by atoms with Crippen LogP contribution in [0.15, 0.2) is 29.1 Å². The normalized spacial score (nSPS) is 11.8. The number of nitro groups is 1. The number of rotatable bonds is 6. The number of nitrogens with one attached hydrogen (secondary N) is 2. The molecule has 0 aliphatic rings. The summed E-state index contributed by atoms with van der Waals surface area (Å²) in [7, 11) is 0. The first-order valence-electron chi connectivity index (χ1n) is 5.72. The van der Waals surface area contributed by atoms with Crippen molar-refractivity contribution in [3.8, 4) is 0 Å². The molecule has 0 saturated carbocycles. The van der Waals surface area contributed by atoms with Crippen LogP contribution in [0.5, 0.6) is 0 Å². The molecule has 0 aromatic carbocycles. The standard InChI is InChI=1S/C11H10N4O6/c16-10(8-1-2-9(21-8)15(19)20)14-7(11(17)18)3-6-4-12-5-13-6/h1-2,4-5,7H,3H2,(H,12,13)(H,14,16)(H,17,18)/t7-/m1/s1. The number of carbonyl (C=O) groups excluding carboxylic acids is 1. The molecule has 1 atom stereocenters. The minimum absolute atomic E-state index is 0.0100. The monoisotopic (exact) mass is 294 g/mol. The van der Waals surface area contributed by atoms with Crippen molar-refractivity contribution in [1.29, 1.82) is 0 Å². The van der Waals surface area contributed by atoms with Crippen molar-refractivity contribution >= 4 is 17.8 Å². The molecule has 2 heterocycles. The van der Waals surface area contributed by atoms with Gasteiger partial charge in [-0.1, -0.05) is 0 Å². The van der Waals surface area contributed by atoms with E-state index in [1.807, 2.05) is 0 Å². The molecule has 0 fully saturated rings. The quantitative estimate of drug-likeness (QED) is 0.513. The van der Waals surface area contributed by atoms with Crippen LogP contribution in [0.1, 0.15) is 16.2 Å². The first kappa shape index (κ1) is 14.2. The zero-order chi connectivity index (χ0) is 15.4. The van der Waals surface area contributed by atoms with E-state index in [0.29, 0.717) is 5.69 Å². The van der Waals surface area contributed by atoms with E-state index in [0.717, 1.165) is 12.1 Å². The molecule has 0 radical (unpaired) electrons. The van der Waals surface area contributed by atoms with Crippen LogP contribution >= 0.6 is 0 Å². The molecular formula is C11H10N4O6. The molecule has 1 amide bonds. The van der Waals surface area contributed by atoms with Gasteiger partial charge < -0.3 is 19.8 Å². The lowest BCUT2D eigenvalue weighted by Crippen LogP contribution is -2.42. The van der Waals surface area contributed by atoms with E-state index in [-0.39, 0.29) is 12.2 Å². The maximum atomic E-state index is 11.8. The van der Waals surface area contributed by atoms with Crippen LogP contribution in [0, 0.1) is 10.1 Å². The minimum atomic E-state index is -1.25. The predicted octanol–water partition coefficient (Wildman–Crippen LogP) is 0.337. The molecule has 0 aliphatic carbocycles. The van der Waals surface area contributed by atoms with Crippen LogP contribution in [0.3, 0.4) is 0 Å². The van der Waals surface area contributed by atoms with E-state index in [4.69, 9.17) is 9.52 Å². The first-order chi connectivity index (χ1) is 9.97. The highest BCUT2D eigenvalue weighted by molar-refractivity contribution is 5.94. The first-order valence-corrected chi connectivity index (χ1v) is 5.72. The number of carbonyl (C=O) groups is 2. The van der Waals surface area contributed by atoms with Crippen LogP contribution in [-0.4, -0.2) is 37.9 Å². The summed E-state index contributed by atoms with van der Waals surface area (Å²) in [6.07, 6.45) is 2.80. The largest absolute Gasteiger partial charge is 0.480 e. The van der Waals surface area contributed by atoms with Gasteiger partial charge in [0.25, 0.3) is 5.91 Å². The van der Waals surface area contributed by atoms with E-state index < -0.39 is 28.7 Å². The summed E-state index contributed by atoms with van der Waals surface area (Å²) in [5, 5.41) is 21.7. The second kappa shape index (κ2) is 5.86. The predicted molar refractivity (Wildman–Crippen MR) is 66.5 cm³/mol. The Morgan fingerprint density at radius 1 is 1.52 bits per heavy atom. The highest BCUT2D eigenvalue weighted by Gasteiger charge is 2.24. The molecule has 0 spiro atoms. The summed E-state index contributed by atoms with van der Waals surface area (Å²) in [6.45, 7) is 0. The second-order valence-electron chi connectivity index (χ2n) is 4.04. The Bertz CT molecular complexity index is 662. The van der Waals surface area contributed by atoms with Crippen LogP contribution in [0.25, 0.3) is 0 Å². The smallest absolute Gasteiger partial charge is 0.433 e. The van der Waals surface area contributed by atoms with Gasteiger partial charge in [-0.05, 0) is 6.07 Å². The number of amides is 1. The Morgan fingerprint density at radius 3 is 2.81 bits per heavy atom. The second-order valence-corrected chi connectivity index (χ2v) is 4.04. The lowest BCUT2D eigenvalue weighted by Gasteiger charge is -2.12. The van der Waals surface area contributed by atoms with Crippen molar-refractivity contribution in [1.82, 2.24) is 15.3 Å². The Balaban J connectivity index is 2.07. The Labute approximate surface area is 116 Å². The number of carboxylic acids is 1. The summed E-state index contributed by atoms with van der Waals surface area (Å²) >= 11 is 0.